The number of hydrogen-bond acceptors (Lipinski definition) is 10. The highest BCUT2D eigenvalue weighted by Gasteiger charge is 2.27. The van der Waals surface area contributed by atoms with Gasteiger partial charge in [0.2, 0.25) is 5.95 Å². The van der Waals surface area contributed by atoms with E-state index < -0.39 is 15.8 Å². The molecule has 0 radical (unpaired) electrons. The van der Waals surface area contributed by atoms with Gasteiger partial charge in [-0.15, -0.1) is 11.3 Å². The molecule has 0 spiro atoms. The Kier molecular flexibility index (Phi) is 7.78. The summed E-state index contributed by atoms with van der Waals surface area (Å²) in [5.74, 6) is -0.0634. The van der Waals surface area contributed by atoms with Gasteiger partial charge in [0, 0.05) is 50.1 Å². The molecule has 6 rings (SSSR count). The largest absolute Gasteiger partial charge is 0.471 e. The first-order valence-corrected chi connectivity index (χ1v) is 15.4. The minimum Gasteiger partial charge on any atom is -0.471 e. The quantitative estimate of drug-likeness (QED) is 0.284. The van der Waals surface area contributed by atoms with Gasteiger partial charge in [-0.3, -0.25) is 4.72 Å². The molecule has 0 unspecified atom stereocenters. The Labute approximate surface area is 235 Å². The summed E-state index contributed by atoms with van der Waals surface area (Å²) in [6.07, 6.45) is 7.37. The molecule has 210 valence electrons. The molecule has 3 aromatic heterocycles. The van der Waals surface area contributed by atoms with E-state index in [9.17, 15) is 8.42 Å². The fourth-order valence-corrected chi connectivity index (χ4v) is 6.99. The molecular weight excluding hydrogens is 557 g/mol. The van der Waals surface area contributed by atoms with Crippen molar-refractivity contribution in [1.29, 1.82) is 0 Å². The molecule has 2 saturated heterocycles. The zero-order valence-corrected chi connectivity index (χ0v) is 23.1. The first kappa shape index (κ1) is 26.8. The van der Waals surface area contributed by atoms with E-state index in [1.165, 1.54) is 29.7 Å². The third-order valence-corrected chi connectivity index (χ3v) is 9.54. The first-order chi connectivity index (χ1) is 19.5. The highest BCUT2D eigenvalue weighted by atomic mass is 32.2. The van der Waals surface area contributed by atoms with Gasteiger partial charge in [-0.2, -0.15) is 0 Å². The summed E-state index contributed by atoms with van der Waals surface area (Å²) in [7, 11) is -4.04. The van der Waals surface area contributed by atoms with Gasteiger partial charge in [0.15, 0.2) is 5.82 Å². The Morgan fingerprint density at radius 1 is 0.975 bits per heavy atom. The van der Waals surface area contributed by atoms with Crippen molar-refractivity contribution in [2.24, 2.45) is 0 Å². The zero-order chi connectivity index (χ0) is 27.5. The van der Waals surface area contributed by atoms with Crippen molar-refractivity contribution in [3.05, 3.63) is 59.9 Å². The number of nitrogens with zero attached hydrogens (tertiary/aromatic N) is 3. The average Bonchev–Trinajstić information content (AvgIpc) is 3.67. The lowest BCUT2D eigenvalue weighted by atomic mass is 10.0. The predicted octanol–water partition coefficient (Wildman–Crippen LogP) is 5.28. The Morgan fingerprint density at radius 2 is 1.75 bits per heavy atom. The summed E-state index contributed by atoms with van der Waals surface area (Å²) in [6, 6.07) is 7.86. The number of anilines is 2. The fraction of sp³-hybridized carbons (Fsp3) is 0.370. The molecule has 4 aromatic rings. The summed E-state index contributed by atoms with van der Waals surface area (Å²) < 4.78 is 59.7. The van der Waals surface area contributed by atoms with E-state index in [0.717, 1.165) is 37.0 Å². The number of benzene rings is 1. The second kappa shape index (κ2) is 11.6. The number of aromatic nitrogens is 3. The van der Waals surface area contributed by atoms with Crippen LogP contribution >= 0.6 is 11.3 Å². The molecule has 1 aromatic carbocycles. The first-order valence-electron chi connectivity index (χ1n) is 13.1. The molecule has 13 heteroatoms. The average molecular weight is 586 g/mol. The van der Waals surface area contributed by atoms with Crippen molar-refractivity contribution in [2.45, 2.75) is 42.5 Å². The molecule has 5 heterocycles. The van der Waals surface area contributed by atoms with Gasteiger partial charge in [0.1, 0.15) is 11.2 Å². The molecular formula is C27H28FN5O5S2. The standard InChI is InChI=1S/C27H28FN5O5S2/c28-23-20(2-1-3-21(23)33-40(34,35)19-9-15-38-16-19)24-25(39-26(32-24)17-5-11-36-12-6-17)22-4-10-29-27(31-22)30-18-7-13-37-14-8-18/h1-4,9-10,15-18,33H,5-8,11-14H2,(H,29,30,31). The van der Waals surface area contributed by atoms with Crippen LogP contribution in [0.1, 0.15) is 36.6 Å². The maximum Gasteiger partial charge on any atom is 0.265 e. The van der Waals surface area contributed by atoms with Crippen molar-refractivity contribution in [3.63, 3.8) is 0 Å². The number of rotatable bonds is 8. The van der Waals surface area contributed by atoms with Crippen molar-refractivity contribution >= 4 is 33.0 Å². The summed E-state index contributed by atoms with van der Waals surface area (Å²) >= 11 is 1.47. The highest BCUT2D eigenvalue weighted by Crippen LogP contribution is 2.42. The zero-order valence-electron chi connectivity index (χ0n) is 21.5. The summed E-state index contributed by atoms with van der Waals surface area (Å²) in [6.45, 7) is 2.65. The summed E-state index contributed by atoms with van der Waals surface area (Å²) in [5, 5.41) is 4.26. The lowest BCUT2D eigenvalue weighted by molar-refractivity contribution is 0.0853. The van der Waals surface area contributed by atoms with Crippen LogP contribution in [-0.2, 0) is 19.5 Å². The molecule has 0 bridgehead atoms. The van der Waals surface area contributed by atoms with Gasteiger partial charge in [-0.05, 0) is 49.9 Å². The number of thiazole rings is 1. The number of halogens is 1. The number of ether oxygens (including phenoxy) is 2. The topological polar surface area (TPSA) is 128 Å². The van der Waals surface area contributed by atoms with Crippen LogP contribution in [0.3, 0.4) is 0 Å². The molecule has 2 aliphatic heterocycles. The van der Waals surface area contributed by atoms with E-state index in [1.807, 2.05) is 0 Å². The van der Waals surface area contributed by atoms with Crippen molar-refractivity contribution in [2.75, 3.05) is 36.5 Å². The highest BCUT2D eigenvalue weighted by molar-refractivity contribution is 7.92. The minimum atomic E-state index is -4.04. The van der Waals surface area contributed by atoms with Gasteiger partial charge >= 0.3 is 0 Å². The molecule has 0 aliphatic carbocycles. The molecule has 2 fully saturated rings. The number of furan rings is 1. The van der Waals surface area contributed by atoms with E-state index >= 15 is 4.39 Å². The van der Waals surface area contributed by atoms with Crippen LogP contribution in [0.15, 0.2) is 58.4 Å². The molecule has 40 heavy (non-hydrogen) atoms. The summed E-state index contributed by atoms with van der Waals surface area (Å²) in [5.41, 5.74) is 1.01. The minimum absolute atomic E-state index is 0.0982. The fourth-order valence-electron chi connectivity index (χ4n) is 4.79. The summed E-state index contributed by atoms with van der Waals surface area (Å²) in [4.78, 5) is 14.7. The molecule has 0 saturated carbocycles. The van der Waals surface area contributed by atoms with Gasteiger partial charge in [0.25, 0.3) is 10.0 Å². The Hall–Kier alpha value is -3.39. The maximum atomic E-state index is 16.0. The van der Waals surface area contributed by atoms with Crippen molar-refractivity contribution in [1.82, 2.24) is 15.0 Å². The number of hydrogen-bond donors (Lipinski definition) is 2. The van der Waals surface area contributed by atoms with Gasteiger partial charge in [0.05, 0.1) is 33.2 Å². The van der Waals surface area contributed by atoms with Crippen LogP contribution in [0.4, 0.5) is 16.0 Å². The van der Waals surface area contributed by atoms with E-state index in [-0.39, 0.29) is 28.1 Å². The van der Waals surface area contributed by atoms with Crippen LogP contribution < -0.4 is 10.0 Å². The van der Waals surface area contributed by atoms with Crippen molar-refractivity contribution in [3.8, 4) is 21.8 Å². The number of sulfonamides is 1. The normalized spacial score (nSPS) is 17.1. The van der Waals surface area contributed by atoms with Crippen LogP contribution in [0.25, 0.3) is 21.8 Å². The van der Waals surface area contributed by atoms with Gasteiger partial charge in [-0.1, -0.05) is 6.07 Å². The second-order valence-corrected chi connectivity index (χ2v) is 12.4. The maximum absolute atomic E-state index is 16.0. The Morgan fingerprint density at radius 3 is 2.50 bits per heavy atom. The SMILES string of the molecule is O=S(=O)(Nc1cccc(-c2nc(C3CCOCC3)sc2-c2ccnc(NC3CCOCC3)n2)c1F)c1ccoc1. The third-order valence-electron chi connectivity index (χ3n) is 6.96. The molecule has 0 atom stereocenters. The third kappa shape index (κ3) is 5.73. The molecule has 10 nitrogen and oxygen atoms in total. The lowest BCUT2D eigenvalue weighted by Gasteiger charge is -2.23. The van der Waals surface area contributed by atoms with Crippen LogP contribution in [0.2, 0.25) is 0 Å². The Bertz CT molecular complexity index is 1570. The smallest absolute Gasteiger partial charge is 0.265 e. The van der Waals surface area contributed by atoms with Gasteiger partial charge < -0.3 is 19.2 Å². The van der Waals surface area contributed by atoms with Crippen LogP contribution in [-0.4, -0.2) is 55.8 Å². The van der Waals surface area contributed by atoms with E-state index in [0.29, 0.717) is 48.6 Å². The van der Waals surface area contributed by atoms with Crippen LogP contribution in [0.5, 0.6) is 0 Å². The van der Waals surface area contributed by atoms with Crippen LogP contribution in [0, 0.1) is 5.82 Å². The van der Waals surface area contributed by atoms with Crippen molar-refractivity contribution < 1.29 is 26.7 Å². The van der Waals surface area contributed by atoms with E-state index in [4.69, 9.17) is 23.9 Å². The van der Waals surface area contributed by atoms with E-state index in [1.54, 1.807) is 24.4 Å². The monoisotopic (exact) mass is 585 g/mol. The second-order valence-electron chi connectivity index (χ2n) is 9.64. The molecule has 2 N–H and O–H groups in total. The van der Waals surface area contributed by atoms with E-state index in [2.05, 4.69) is 15.0 Å². The lowest BCUT2D eigenvalue weighted by Crippen LogP contribution is -2.28. The molecule has 0 amide bonds. The predicted molar refractivity (Wildman–Crippen MR) is 148 cm³/mol. The van der Waals surface area contributed by atoms with Gasteiger partial charge in [-0.25, -0.2) is 27.8 Å². The Balaban J connectivity index is 1.39. The number of nitrogens with one attached hydrogen (secondary N) is 2. The molecule has 2 aliphatic rings.